The average molecular weight is 791 g/mol. The summed E-state index contributed by atoms with van der Waals surface area (Å²) in [6.45, 7) is 0. The van der Waals surface area contributed by atoms with Crippen molar-refractivity contribution >= 4 is 71.6 Å². The Morgan fingerprint density at radius 2 is 0.984 bits per heavy atom. The van der Waals surface area contributed by atoms with Gasteiger partial charge in [0.25, 0.3) is 0 Å². The molecule has 1 aliphatic carbocycles. The Labute approximate surface area is 359 Å². The molecule has 0 atom stereocenters. The molecule has 62 heavy (non-hydrogen) atoms. The first-order chi connectivity index (χ1) is 30.8. The number of hydrogen-bond donors (Lipinski definition) is 0. The average Bonchev–Trinajstić information content (AvgIpc) is 4.00. The van der Waals surface area contributed by atoms with Gasteiger partial charge in [0.1, 0.15) is 11.2 Å². The quantitative estimate of drug-likeness (QED) is 0.167. The highest BCUT2D eigenvalue weighted by atomic mass is 16.3. The Kier molecular flexibility index (Phi) is 7.52. The highest BCUT2D eigenvalue weighted by molar-refractivity contribution is 6.20. The third-order valence-corrected chi connectivity index (χ3v) is 13.3. The molecule has 2 aromatic heterocycles. The van der Waals surface area contributed by atoms with Gasteiger partial charge in [-0.25, -0.2) is 0 Å². The van der Waals surface area contributed by atoms with Gasteiger partial charge in [-0.2, -0.15) is 0 Å². The van der Waals surface area contributed by atoms with Crippen molar-refractivity contribution in [3.05, 3.63) is 253 Å². The highest BCUT2D eigenvalue weighted by Gasteiger charge is 2.47. The summed E-state index contributed by atoms with van der Waals surface area (Å²) in [5.74, 6) is 0. The molecule has 13 rings (SSSR count). The molecule has 1 aliphatic rings. The van der Waals surface area contributed by atoms with Crippen molar-refractivity contribution in [1.29, 1.82) is 0 Å². The maximum atomic E-state index is 6.85. The Morgan fingerprint density at radius 1 is 0.403 bits per heavy atom. The maximum Gasteiger partial charge on any atom is 0.145 e. The summed E-state index contributed by atoms with van der Waals surface area (Å²) < 4.78 is 9.23. The van der Waals surface area contributed by atoms with Crippen molar-refractivity contribution in [2.75, 3.05) is 4.90 Å². The number of benzene rings is 10. The summed E-state index contributed by atoms with van der Waals surface area (Å²) in [7, 11) is 0. The topological polar surface area (TPSA) is 21.3 Å². The van der Waals surface area contributed by atoms with E-state index >= 15 is 0 Å². The van der Waals surface area contributed by atoms with E-state index in [2.05, 4.69) is 240 Å². The molecular weight excluding hydrogens is 753 g/mol. The van der Waals surface area contributed by atoms with Gasteiger partial charge in [0, 0.05) is 43.9 Å². The zero-order chi connectivity index (χ0) is 40.8. The second kappa shape index (κ2) is 13.4. The molecule has 0 saturated carbocycles. The first-order valence-corrected chi connectivity index (χ1v) is 21.4. The molecule has 0 unspecified atom stereocenters. The lowest BCUT2D eigenvalue weighted by molar-refractivity contribution is 0.672. The summed E-state index contributed by atoms with van der Waals surface area (Å²) in [6, 6.07) is 84.0. The van der Waals surface area contributed by atoms with E-state index in [0.29, 0.717) is 0 Å². The van der Waals surface area contributed by atoms with Gasteiger partial charge in [0.15, 0.2) is 0 Å². The van der Waals surface area contributed by atoms with Gasteiger partial charge in [-0.05, 0) is 93.9 Å². The molecule has 2 heterocycles. The van der Waals surface area contributed by atoms with Crippen LogP contribution in [0, 0.1) is 0 Å². The molecular formula is C59H38N2O. The zero-order valence-electron chi connectivity index (χ0n) is 33.7. The number of hydrogen-bond acceptors (Lipinski definition) is 2. The largest absolute Gasteiger partial charge is 0.455 e. The molecule has 3 heteroatoms. The third kappa shape index (κ3) is 4.82. The van der Waals surface area contributed by atoms with Crippen LogP contribution in [-0.4, -0.2) is 4.57 Å². The Hall–Kier alpha value is -8.14. The Bertz CT molecular complexity index is 3600. The fourth-order valence-electron chi connectivity index (χ4n) is 10.7. The van der Waals surface area contributed by atoms with Crippen LogP contribution in [0.25, 0.3) is 71.3 Å². The third-order valence-electron chi connectivity index (χ3n) is 13.3. The minimum absolute atomic E-state index is 0.540. The number of furan rings is 1. The van der Waals surface area contributed by atoms with Crippen molar-refractivity contribution in [2.24, 2.45) is 0 Å². The van der Waals surface area contributed by atoms with Gasteiger partial charge in [-0.3, -0.25) is 0 Å². The molecule has 12 aromatic rings. The van der Waals surface area contributed by atoms with Crippen molar-refractivity contribution in [3.63, 3.8) is 0 Å². The summed E-state index contributed by atoms with van der Waals surface area (Å²) in [5.41, 5.74) is 15.4. The summed E-state index contributed by atoms with van der Waals surface area (Å²) in [6.07, 6.45) is 0. The van der Waals surface area contributed by atoms with Crippen LogP contribution in [0.15, 0.2) is 235 Å². The summed E-state index contributed by atoms with van der Waals surface area (Å²) in [4.78, 5) is 2.48. The van der Waals surface area contributed by atoms with Crippen LogP contribution in [0.1, 0.15) is 22.3 Å². The highest BCUT2D eigenvalue weighted by Crippen LogP contribution is 2.60. The van der Waals surface area contributed by atoms with Crippen LogP contribution in [-0.2, 0) is 5.41 Å². The first kappa shape index (κ1) is 34.7. The molecule has 0 N–H and O–H groups in total. The van der Waals surface area contributed by atoms with Crippen molar-refractivity contribution < 1.29 is 4.42 Å². The van der Waals surface area contributed by atoms with Gasteiger partial charge in [-0.1, -0.05) is 170 Å². The second-order valence-corrected chi connectivity index (χ2v) is 16.4. The van der Waals surface area contributed by atoms with Crippen molar-refractivity contribution in [2.45, 2.75) is 5.41 Å². The lowest BCUT2D eigenvalue weighted by Gasteiger charge is -2.34. The molecule has 3 nitrogen and oxygen atoms in total. The number of fused-ring (bicyclic) bond motifs is 11. The fraction of sp³-hybridized carbons (Fsp3) is 0.0169. The van der Waals surface area contributed by atoms with Gasteiger partial charge < -0.3 is 13.9 Å². The van der Waals surface area contributed by atoms with Crippen LogP contribution in [0.2, 0.25) is 0 Å². The number of para-hydroxylation sites is 3. The van der Waals surface area contributed by atoms with Gasteiger partial charge >= 0.3 is 0 Å². The van der Waals surface area contributed by atoms with Crippen LogP contribution < -0.4 is 4.90 Å². The smallest absolute Gasteiger partial charge is 0.145 e. The van der Waals surface area contributed by atoms with E-state index in [9.17, 15) is 0 Å². The SMILES string of the molecule is c1ccc(C2(c3ccccc3)c3ccccc3-c3c(N(c4ccc(-n5c6ccccc6c6ccccc65)cc4)c4cccc5ccc6c7ccccc7oc6c45)cccc32)cc1. The minimum Gasteiger partial charge on any atom is -0.455 e. The molecule has 0 aliphatic heterocycles. The Morgan fingerprint density at radius 3 is 1.71 bits per heavy atom. The molecule has 0 amide bonds. The minimum atomic E-state index is -0.540. The molecule has 10 aromatic carbocycles. The van der Waals surface area contributed by atoms with E-state index < -0.39 is 5.41 Å². The molecule has 0 saturated heterocycles. The maximum absolute atomic E-state index is 6.85. The van der Waals surface area contributed by atoms with E-state index in [-0.39, 0.29) is 0 Å². The van der Waals surface area contributed by atoms with Crippen molar-refractivity contribution in [1.82, 2.24) is 4.57 Å². The number of nitrogens with zero attached hydrogens (tertiary/aromatic N) is 2. The molecule has 0 spiro atoms. The van der Waals surface area contributed by atoms with Crippen molar-refractivity contribution in [3.8, 4) is 16.8 Å². The number of aromatic nitrogens is 1. The molecule has 290 valence electrons. The second-order valence-electron chi connectivity index (χ2n) is 16.4. The zero-order valence-corrected chi connectivity index (χ0v) is 33.7. The summed E-state index contributed by atoms with van der Waals surface area (Å²) in [5, 5.41) is 6.92. The van der Waals surface area contributed by atoms with Gasteiger partial charge in [-0.15, -0.1) is 0 Å². The van der Waals surface area contributed by atoms with Crippen LogP contribution in [0.5, 0.6) is 0 Å². The van der Waals surface area contributed by atoms with Crippen LogP contribution in [0.3, 0.4) is 0 Å². The lowest BCUT2D eigenvalue weighted by Crippen LogP contribution is -2.28. The van der Waals surface area contributed by atoms with Gasteiger partial charge in [0.2, 0.25) is 0 Å². The standard InChI is InChI=1S/C59H38N2O/c1-3-18-40(19-4-1)59(41-20-5-2-6-21-41)49-26-11-7-25-48(49)57-50(59)27-16-31-54(57)61(53-30-15-17-39-33-38-47-46-24-10-14-32-55(46)62-58(47)56(39)53)43-36-34-42(35-37-43)60-51-28-12-8-22-44(51)45-23-9-13-29-52(45)60/h1-38H. The van der Waals surface area contributed by atoms with E-state index in [0.717, 1.165) is 55.5 Å². The Balaban J connectivity index is 1.12. The van der Waals surface area contributed by atoms with Crippen LogP contribution in [0.4, 0.5) is 17.1 Å². The van der Waals surface area contributed by atoms with Crippen LogP contribution >= 0.6 is 0 Å². The number of anilines is 3. The first-order valence-electron chi connectivity index (χ1n) is 21.4. The van der Waals surface area contributed by atoms with E-state index in [1.807, 2.05) is 0 Å². The lowest BCUT2D eigenvalue weighted by atomic mass is 9.68. The van der Waals surface area contributed by atoms with E-state index in [4.69, 9.17) is 4.42 Å². The fourth-order valence-corrected chi connectivity index (χ4v) is 10.7. The molecule has 0 fully saturated rings. The number of rotatable bonds is 6. The van der Waals surface area contributed by atoms with Gasteiger partial charge in [0.05, 0.1) is 27.8 Å². The monoisotopic (exact) mass is 790 g/mol. The molecule has 0 bridgehead atoms. The van der Waals surface area contributed by atoms with E-state index in [1.165, 1.54) is 55.2 Å². The van der Waals surface area contributed by atoms with E-state index in [1.54, 1.807) is 0 Å². The normalized spacial score (nSPS) is 13.0. The predicted octanol–water partition coefficient (Wildman–Crippen LogP) is 15.7. The predicted molar refractivity (Wildman–Crippen MR) is 258 cm³/mol. The summed E-state index contributed by atoms with van der Waals surface area (Å²) >= 11 is 0. The molecule has 0 radical (unpaired) electrons.